The van der Waals surface area contributed by atoms with Crippen LogP contribution in [0, 0.1) is 0 Å². The molecule has 0 atom stereocenters. The van der Waals surface area contributed by atoms with Crippen molar-refractivity contribution in [3.05, 3.63) is 126 Å². The van der Waals surface area contributed by atoms with E-state index in [1.165, 1.54) is 92.9 Å². The summed E-state index contributed by atoms with van der Waals surface area (Å²) in [5.74, 6) is 0. The highest BCUT2D eigenvalue weighted by Crippen LogP contribution is 2.50. The monoisotopic (exact) mass is 636 g/mol. The van der Waals surface area contributed by atoms with Gasteiger partial charge in [-0.1, -0.05) is 120 Å². The average Bonchev–Trinajstić information content (AvgIpc) is 3.67. The van der Waals surface area contributed by atoms with Crippen molar-refractivity contribution in [1.82, 2.24) is 4.48 Å². The van der Waals surface area contributed by atoms with Crippen LogP contribution in [0.2, 0.25) is 0 Å². The van der Waals surface area contributed by atoms with E-state index in [1.807, 2.05) is 11.3 Å². The first kappa shape index (κ1) is 28.2. The Morgan fingerprint density at radius 3 is 2.00 bits per heavy atom. The predicted octanol–water partition coefficient (Wildman–Crippen LogP) is 11.2. The van der Waals surface area contributed by atoms with E-state index in [4.69, 9.17) is 0 Å². The van der Waals surface area contributed by atoms with Crippen LogP contribution >= 0.6 is 11.3 Å². The molecule has 0 fully saturated rings. The highest BCUT2D eigenvalue weighted by Gasteiger charge is 2.44. The van der Waals surface area contributed by atoms with Gasteiger partial charge in [0, 0.05) is 49.0 Å². The Balaban J connectivity index is 1.36. The molecule has 4 heteroatoms. The lowest BCUT2D eigenvalue weighted by Gasteiger charge is -2.39. The minimum absolute atomic E-state index is 0.0268. The maximum absolute atomic E-state index is 2.71. The van der Waals surface area contributed by atoms with Gasteiger partial charge in [-0.2, -0.15) is 0 Å². The molecule has 0 amide bonds. The molecule has 0 spiro atoms. The first-order valence-electron chi connectivity index (χ1n) is 17.1. The van der Waals surface area contributed by atoms with Gasteiger partial charge in [-0.3, -0.25) is 0 Å². The molecule has 232 valence electrons. The van der Waals surface area contributed by atoms with E-state index in [0.29, 0.717) is 0 Å². The third-order valence-corrected chi connectivity index (χ3v) is 11.9. The van der Waals surface area contributed by atoms with Crippen LogP contribution in [0.25, 0.3) is 53.8 Å². The predicted molar refractivity (Wildman–Crippen MR) is 210 cm³/mol. The third kappa shape index (κ3) is 3.70. The second-order valence-corrected chi connectivity index (χ2v) is 16.7. The van der Waals surface area contributed by atoms with Gasteiger partial charge >= 0.3 is 6.85 Å². The number of anilines is 3. The lowest BCUT2D eigenvalue weighted by Crippen LogP contribution is -2.56. The van der Waals surface area contributed by atoms with Crippen LogP contribution in [0.15, 0.2) is 115 Å². The molecule has 2 aliphatic rings. The molecule has 2 aromatic heterocycles. The molecular formula is C44H37BN2S. The summed E-state index contributed by atoms with van der Waals surface area (Å²) in [6, 6.07) is 41.6. The van der Waals surface area contributed by atoms with Crippen molar-refractivity contribution in [2.45, 2.75) is 52.4 Å². The summed E-state index contributed by atoms with van der Waals surface area (Å²) in [4.78, 5) is 3.93. The lowest BCUT2D eigenvalue weighted by atomic mass is 9.46. The van der Waals surface area contributed by atoms with Crippen LogP contribution in [0.3, 0.4) is 0 Å². The molecule has 8 aromatic rings. The summed E-state index contributed by atoms with van der Waals surface area (Å²) in [5.41, 5.74) is 13.5. The molecule has 0 saturated heterocycles. The Morgan fingerprint density at radius 1 is 0.604 bits per heavy atom. The number of aromatic nitrogens is 1. The van der Waals surface area contributed by atoms with Gasteiger partial charge in [-0.05, 0) is 84.8 Å². The van der Waals surface area contributed by atoms with Crippen LogP contribution in [0.1, 0.15) is 52.7 Å². The topological polar surface area (TPSA) is 8.17 Å². The fourth-order valence-electron chi connectivity index (χ4n) is 8.51. The summed E-state index contributed by atoms with van der Waals surface area (Å²) < 4.78 is 2.71. The summed E-state index contributed by atoms with van der Waals surface area (Å²) >= 11 is 1.91. The van der Waals surface area contributed by atoms with E-state index < -0.39 is 0 Å². The number of hydrogen-bond donors (Lipinski definition) is 0. The molecule has 0 unspecified atom stereocenters. The van der Waals surface area contributed by atoms with E-state index >= 15 is 0 Å². The van der Waals surface area contributed by atoms with Crippen molar-refractivity contribution in [2.24, 2.45) is 0 Å². The molecule has 6 aromatic carbocycles. The Kier molecular flexibility index (Phi) is 5.54. The van der Waals surface area contributed by atoms with Crippen LogP contribution in [0.4, 0.5) is 17.1 Å². The van der Waals surface area contributed by atoms with E-state index in [9.17, 15) is 0 Å². The Bertz CT molecular complexity index is 2640. The number of nitrogens with zero attached hydrogens (tertiary/aromatic N) is 2. The number of benzene rings is 6. The molecule has 0 saturated carbocycles. The second kappa shape index (κ2) is 9.42. The molecule has 10 rings (SSSR count). The summed E-state index contributed by atoms with van der Waals surface area (Å²) in [5, 5.41) is 10.4. The molecule has 0 bridgehead atoms. The Labute approximate surface area is 286 Å². The van der Waals surface area contributed by atoms with Crippen molar-refractivity contribution < 1.29 is 0 Å². The van der Waals surface area contributed by atoms with Crippen molar-refractivity contribution in [3.63, 3.8) is 0 Å². The first-order chi connectivity index (χ1) is 23.1. The van der Waals surface area contributed by atoms with E-state index in [-0.39, 0.29) is 17.7 Å². The SMILES string of the molecule is CC(C)(C)c1ccc(N2c3ccc(C(C)(C)C)cc3B3c4c2csc4-c2cc4ccccc4c4c5c6ccccc6ccc5n3c24)cc1. The Morgan fingerprint density at radius 2 is 1.27 bits per heavy atom. The summed E-state index contributed by atoms with van der Waals surface area (Å²) in [6.07, 6.45) is 0. The quantitative estimate of drug-likeness (QED) is 0.163. The second-order valence-electron chi connectivity index (χ2n) is 15.8. The van der Waals surface area contributed by atoms with Crippen molar-refractivity contribution >= 4 is 89.5 Å². The van der Waals surface area contributed by atoms with Gasteiger partial charge in [0.1, 0.15) is 0 Å². The molecule has 2 aliphatic heterocycles. The minimum atomic E-state index is 0.0268. The zero-order chi connectivity index (χ0) is 32.7. The van der Waals surface area contributed by atoms with Gasteiger partial charge in [0.05, 0.1) is 5.69 Å². The van der Waals surface area contributed by atoms with Crippen LogP contribution < -0.4 is 15.8 Å². The fourth-order valence-corrected chi connectivity index (χ4v) is 9.60. The minimum Gasteiger partial charge on any atom is -0.375 e. The molecule has 0 aliphatic carbocycles. The highest BCUT2D eigenvalue weighted by atomic mass is 32.1. The molecule has 0 N–H and O–H groups in total. The lowest BCUT2D eigenvalue weighted by molar-refractivity contribution is 0.590. The number of thiophene rings is 1. The summed E-state index contributed by atoms with van der Waals surface area (Å²) in [7, 11) is 0. The van der Waals surface area contributed by atoms with Gasteiger partial charge in [-0.25, -0.2) is 0 Å². The number of fused-ring (bicyclic) bond motifs is 11. The summed E-state index contributed by atoms with van der Waals surface area (Å²) in [6.45, 7) is 13.9. The molecule has 2 nitrogen and oxygen atoms in total. The third-order valence-electron chi connectivity index (χ3n) is 10.9. The molecule has 4 heterocycles. The zero-order valence-electron chi connectivity index (χ0n) is 28.3. The zero-order valence-corrected chi connectivity index (χ0v) is 29.2. The molecular weight excluding hydrogens is 599 g/mol. The van der Waals surface area contributed by atoms with Gasteiger partial charge in [0.2, 0.25) is 0 Å². The largest absolute Gasteiger partial charge is 0.375 e. The maximum Gasteiger partial charge on any atom is 0.333 e. The van der Waals surface area contributed by atoms with Crippen molar-refractivity contribution in [2.75, 3.05) is 4.90 Å². The molecule has 0 radical (unpaired) electrons. The van der Waals surface area contributed by atoms with Gasteiger partial charge in [0.25, 0.3) is 0 Å². The fraction of sp³-hybridized carbons (Fsp3) is 0.182. The molecule has 48 heavy (non-hydrogen) atoms. The highest BCUT2D eigenvalue weighted by molar-refractivity contribution is 7.17. The maximum atomic E-state index is 2.71. The normalized spacial score (nSPS) is 14.0. The van der Waals surface area contributed by atoms with Gasteiger partial charge in [-0.15, -0.1) is 11.3 Å². The van der Waals surface area contributed by atoms with E-state index in [0.717, 1.165) is 0 Å². The van der Waals surface area contributed by atoms with Gasteiger partial charge < -0.3 is 9.38 Å². The standard InChI is InChI=1S/C44H37BN2S/c1-43(2,3)28-16-19-30(20-17-28)46-35-22-18-29(44(4,5)6)24-34(35)45-40-37(46)25-48-42(40)33-23-27-12-8-10-14-32(27)39-38-31-13-9-7-11-26(31)15-21-36(38)47(45)41(33)39/h7-25H,1-6H3. The van der Waals surface area contributed by atoms with Crippen molar-refractivity contribution in [3.8, 4) is 10.4 Å². The Hall–Kier alpha value is -4.80. The van der Waals surface area contributed by atoms with Crippen molar-refractivity contribution in [1.29, 1.82) is 0 Å². The number of rotatable bonds is 1. The average molecular weight is 637 g/mol. The van der Waals surface area contributed by atoms with Crippen LogP contribution in [0.5, 0.6) is 0 Å². The van der Waals surface area contributed by atoms with Gasteiger partial charge in [0.15, 0.2) is 0 Å². The van der Waals surface area contributed by atoms with Crippen LogP contribution in [-0.4, -0.2) is 11.3 Å². The van der Waals surface area contributed by atoms with E-state index in [1.54, 1.807) is 0 Å². The first-order valence-corrected chi connectivity index (χ1v) is 18.0. The van der Waals surface area contributed by atoms with Crippen LogP contribution in [-0.2, 0) is 10.8 Å². The van der Waals surface area contributed by atoms with E-state index in [2.05, 4.69) is 165 Å². The number of hydrogen-bond acceptors (Lipinski definition) is 2. The smallest absolute Gasteiger partial charge is 0.333 e.